The highest BCUT2D eigenvalue weighted by atomic mass is 35.5. The molecule has 1 heterocycles. The topological polar surface area (TPSA) is 52.2 Å². The molecular formula is C21H17ClN4O. The van der Waals surface area contributed by atoms with Crippen molar-refractivity contribution in [3.63, 3.8) is 0 Å². The highest BCUT2D eigenvalue weighted by molar-refractivity contribution is 6.30. The SMILES string of the molecule is Cn1nc(Cc2ccc(Cl)cc2)n(/N=C\c2cccc3ccccc23)c1=O. The molecule has 0 aliphatic heterocycles. The van der Waals surface area contributed by atoms with Gasteiger partial charge in [-0.2, -0.15) is 14.9 Å². The van der Waals surface area contributed by atoms with E-state index in [9.17, 15) is 4.79 Å². The van der Waals surface area contributed by atoms with Gasteiger partial charge in [0, 0.05) is 24.1 Å². The minimum absolute atomic E-state index is 0.282. The number of halogens is 1. The van der Waals surface area contributed by atoms with E-state index < -0.39 is 0 Å². The van der Waals surface area contributed by atoms with Crippen LogP contribution < -0.4 is 5.69 Å². The van der Waals surface area contributed by atoms with Crippen molar-refractivity contribution in [3.05, 3.63) is 99.2 Å². The summed E-state index contributed by atoms with van der Waals surface area (Å²) in [4.78, 5) is 12.4. The highest BCUT2D eigenvalue weighted by Gasteiger charge is 2.11. The van der Waals surface area contributed by atoms with Crippen LogP contribution in [0.25, 0.3) is 10.8 Å². The number of rotatable bonds is 4. The molecule has 134 valence electrons. The first-order valence-electron chi connectivity index (χ1n) is 8.53. The Morgan fingerprint density at radius 1 is 1.04 bits per heavy atom. The standard InChI is InChI=1S/C21H17ClN4O/c1-25-21(27)26(20(24-25)13-15-9-11-18(22)12-10-15)23-14-17-7-4-6-16-5-2-3-8-19(16)17/h2-12,14H,13H2,1H3/b23-14-. The van der Waals surface area contributed by atoms with Gasteiger partial charge in [-0.15, -0.1) is 0 Å². The van der Waals surface area contributed by atoms with Crippen molar-refractivity contribution < 1.29 is 0 Å². The van der Waals surface area contributed by atoms with E-state index in [1.54, 1.807) is 13.3 Å². The number of hydrogen-bond donors (Lipinski definition) is 0. The second kappa shape index (κ2) is 7.21. The van der Waals surface area contributed by atoms with Crippen molar-refractivity contribution in [1.29, 1.82) is 0 Å². The van der Waals surface area contributed by atoms with E-state index in [4.69, 9.17) is 11.6 Å². The fourth-order valence-electron chi connectivity index (χ4n) is 3.00. The minimum Gasteiger partial charge on any atom is -0.244 e. The maximum atomic E-state index is 12.4. The van der Waals surface area contributed by atoms with Crippen LogP contribution in [0.15, 0.2) is 76.6 Å². The molecule has 0 unspecified atom stereocenters. The predicted octanol–water partition coefficient (Wildman–Crippen LogP) is 3.86. The third-order valence-corrected chi connectivity index (χ3v) is 4.63. The van der Waals surface area contributed by atoms with E-state index in [0.29, 0.717) is 17.3 Å². The van der Waals surface area contributed by atoms with Crippen LogP contribution in [0.5, 0.6) is 0 Å². The number of nitrogens with zero attached hydrogens (tertiary/aromatic N) is 4. The van der Waals surface area contributed by atoms with Gasteiger partial charge in [0.05, 0.1) is 6.21 Å². The van der Waals surface area contributed by atoms with Gasteiger partial charge in [0.2, 0.25) is 0 Å². The Morgan fingerprint density at radius 3 is 2.59 bits per heavy atom. The van der Waals surface area contributed by atoms with E-state index in [1.807, 2.05) is 54.6 Å². The molecule has 0 aliphatic rings. The molecule has 3 aromatic carbocycles. The number of benzene rings is 3. The van der Waals surface area contributed by atoms with Crippen LogP contribution in [0.2, 0.25) is 5.02 Å². The van der Waals surface area contributed by atoms with E-state index in [0.717, 1.165) is 21.9 Å². The monoisotopic (exact) mass is 376 g/mol. The van der Waals surface area contributed by atoms with Crippen LogP contribution in [0, 0.1) is 0 Å². The first-order valence-corrected chi connectivity index (χ1v) is 8.91. The fourth-order valence-corrected chi connectivity index (χ4v) is 3.13. The second-order valence-corrected chi connectivity index (χ2v) is 6.69. The molecule has 5 nitrogen and oxygen atoms in total. The van der Waals surface area contributed by atoms with Crippen LogP contribution in [0.4, 0.5) is 0 Å². The zero-order valence-electron chi connectivity index (χ0n) is 14.7. The van der Waals surface area contributed by atoms with Gasteiger partial charge in [-0.25, -0.2) is 9.48 Å². The molecule has 0 fully saturated rings. The summed E-state index contributed by atoms with van der Waals surface area (Å²) in [5.41, 5.74) is 1.67. The Bertz CT molecular complexity index is 1180. The van der Waals surface area contributed by atoms with Crippen LogP contribution in [-0.4, -0.2) is 20.7 Å². The van der Waals surface area contributed by atoms with E-state index in [-0.39, 0.29) is 5.69 Å². The van der Waals surface area contributed by atoms with Gasteiger partial charge in [-0.3, -0.25) is 0 Å². The Morgan fingerprint density at radius 2 is 1.78 bits per heavy atom. The summed E-state index contributed by atoms with van der Waals surface area (Å²) in [6, 6.07) is 21.6. The Kier molecular flexibility index (Phi) is 4.60. The summed E-state index contributed by atoms with van der Waals surface area (Å²) >= 11 is 5.94. The first-order chi connectivity index (χ1) is 13.1. The van der Waals surface area contributed by atoms with Gasteiger partial charge < -0.3 is 0 Å². The van der Waals surface area contributed by atoms with Crippen LogP contribution in [0.1, 0.15) is 17.0 Å². The Hall–Kier alpha value is -3.18. The van der Waals surface area contributed by atoms with E-state index in [1.165, 1.54) is 9.36 Å². The lowest BCUT2D eigenvalue weighted by Gasteiger charge is -2.03. The van der Waals surface area contributed by atoms with Gasteiger partial charge in [0.25, 0.3) is 0 Å². The van der Waals surface area contributed by atoms with E-state index in [2.05, 4.69) is 22.3 Å². The maximum Gasteiger partial charge on any atom is 0.366 e. The van der Waals surface area contributed by atoms with Crippen LogP contribution in [0.3, 0.4) is 0 Å². The third kappa shape index (κ3) is 3.55. The molecule has 0 saturated carbocycles. The lowest BCUT2D eigenvalue weighted by Crippen LogP contribution is -2.20. The molecule has 0 saturated heterocycles. The van der Waals surface area contributed by atoms with Crippen LogP contribution in [-0.2, 0) is 13.5 Å². The Labute approximate surface area is 161 Å². The summed E-state index contributed by atoms with van der Waals surface area (Å²) in [7, 11) is 1.62. The quantitative estimate of drug-likeness (QED) is 0.508. The summed E-state index contributed by atoms with van der Waals surface area (Å²) in [5.74, 6) is 0.571. The molecule has 0 N–H and O–H groups in total. The first kappa shape index (κ1) is 17.2. The molecule has 0 bridgehead atoms. The molecular weight excluding hydrogens is 360 g/mol. The smallest absolute Gasteiger partial charge is 0.244 e. The van der Waals surface area contributed by atoms with Gasteiger partial charge >= 0.3 is 5.69 Å². The number of hydrogen-bond acceptors (Lipinski definition) is 3. The minimum atomic E-state index is -0.282. The summed E-state index contributed by atoms with van der Waals surface area (Å²) < 4.78 is 2.64. The predicted molar refractivity (Wildman–Crippen MR) is 109 cm³/mol. The normalized spacial score (nSPS) is 11.5. The highest BCUT2D eigenvalue weighted by Crippen LogP contribution is 2.17. The lowest BCUT2D eigenvalue weighted by molar-refractivity contribution is 0.709. The molecule has 0 atom stereocenters. The van der Waals surface area contributed by atoms with E-state index >= 15 is 0 Å². The average molecular weight is 377 g/mol. The summed E-state index contributed by atoms with van der Waals surface area (Å²) in [6.45, 7) is 0. The zero-order valence-corrected chi connectivity index (χ0v) is 15.5. The molecule has 1 aromatic heterocycles. The van der Waals surface area contributed by atoms with Crippen molar-refractivity contribution in [2.75, 3.05) is 0 Å². The second-order valence-electron chi connectivity index (χ2n) is 6.25. The van der Waals surface area contributed by atoms with Gasteiger partial charge in [-0.1, -0.05) is 66.2 Å². The summed E-state index contributed by atoms with van der Waals surface area (Å²) in [6.07, 6.45) is 2.19. The average Bonchev–Trinajstić information content (AvgIpc) is 2.95. The van der Waals surface area contributed by atoms with Gasteiger partial charge in [0.1, 0.15) is 0 Å². The summed E-state index contributed by atoms with van der Waals surface area (Å²) in [5, 5.41) is 11.6. The van der Waals surface area contributed by atoms with Gasteiger partial charge in [0.15, 0.2) is 5.82 Å². The van der Waals surface area contributed by atoms with Crippen LogP contribution >= 0.6 is 11.6 Å². The fraction of sp³-hybridized carbons (Fsp3) is 0.0952. The molecule has 6 heteroatoms. The van der Waals surface area contributed by atoms with Crippen molar-refractivity contribution in [2.45, 2.75) is 6.42 Å². The molecule has 0 spiro atoms. The molecule has 0 radical (unpaired) electrons. The van der Waals surface area contributed by atoms with Gasteiger partial charge in [-0.05, 0) is 28.5 Å². The largest absolute Gasteiger partial charge is 0.366 e. The molecule has 0 amide bonds. The number of fused-ring (bicyclic) bond motifs is 1. The molecule has 0 aliphatic carbocycles. The number of aromatic nitrogens is 3. The lowest BCUT2D eigenvalue weighted by atomic mass is 10.1. The molecule has 4 aromatic rings. The number of aryl methyl sites for hydroxylation is 1. The Balaban J connectivity index is 1.72. The van der Waals surface area contributed by atoms with Crippen molar-refractivity contribution in [3.8, 4) is 0 Å². The van der Waals surface area contributed by atoms with Crippen molar-refractivity contribution in [2.24, 2.45) is 12.1 Å². The zero-order chi connectivity index (χ0) is 18.8. The van der Waals surface area contributed by atoms with Crippen molar-refractivity contribution >= 4 is 28.6 Å². The maximum absolute atomic E-state index is 12.4. The molecule has 4 rings (SSSR count). The molecule has 27 heavy (non-hydrogen) atoms. The van der Waals surface area contributed by atoms with Crippen molar-refractivity contribution in [1.82, 2.24) is 14.5 Å². The third-order valence-electron chi connectivity index (χ3n) is 4.38.